The number of aromatic nitrogens is 4. The third kappa shape index (κ3) is 5.33. The Balaban J connectivity index is 1.76. The topological polar surface area (TPSA) is 143 Å². The van der Waals surface area contributed by atoms with Crippen LogP contribution in [0, 0.1) is 0 Å². The molecule has 0 unspecified atom stereocenters. The summed E-state index contributed by atoms with van der Waals surface area (Å²) < 4.78 is 12.2. The molecule has 1 aliphatic carbocycles. The quantitative estimate of drug-likeness (QED) is 0.468. The summed E-state index contributed by atoms with van der Waals surface area (Å²) in [5.74, 6) is 0.586. The molecule has 3 heterocycles. The highest BCUT2D eigenvalue weighted by Gasteiger charge is 2.29. The molecule has 0 aliphatic heterocycles. The molecule has 1 aliphatic rings. The van der Waals surface area contributed by atoms with Crippen LogP contribution in [0.15, 0.2) is 30.6 Å². The Hall–Kier alpha value is -3.93. The second-order valence-electron chi connectivity index (χ2n) is 9.60. The number of pyridine rings is 1. The van der Waals surface area contributed by atoms with Crippen molar-refractivity contribution in [1.29, 1.82) is 0 Å². The number of carbonyl (C=O) groups excluding carboxylic acids is 2. The van der Waals surface area contributed by atoms with Crippen molar-refractivity contribution < 1.29 is 24.2 Å². The zero-order valence-electron chi connectivity index (χ0n) is 21.0. The second-order valence-corrected chi connectivity index (χ2v) is 9.60. The first kappa shape index (κ1) is 25.2. The van der Waals surface area contributed by atoms with Gasteiger partial charge in [-0.15, -0.1) is 0 Å². The number of carbonyl (C=O) groups is 2. The maximum atomic E-state index is 13.1. The maximum absolute atomic E-state index is 13.1. The molecule has 12 heteroatoms. The van der Waals surface area contributed by atoms with Crippen molar-refractivity contribution in [1.82, 2.24) is 24.9 Å². The molecular weight excluding hydrogens is 466 g/mol. The standard InChI is InChI=1S/C24H31N7O5/c1-24(2,3)36-23(34)30(4)19-12-18(27-16-9-7-11-25-22(16)35-5)29-20-14(13-26-31(19)20)21(33)28-15-8-6-10-17(15)32/h7,9,11-13,15,17,32H,6,8,10H2,1-5H3,(H,27,29)(H,28,33)/t15-,17-/m1/s1. The number of rotatable bonds is 6. The third-order valence-electron chi connectivity index (χ3n) is 5.73. The number of methoxy groups -OCH3 is 1. The first-order valence-electron chi connectivity index (χ1n) is 11.7. The van der Waals surface area contributed by atoms with Gasteiger partial charge in [0, 0.05) is 19.3 Å². The molecule has 0 aromatic carbocycles. The number of ether oxygens (including phenoxy) is 2. The molecule has 3 N–H and O–H groups in total. The summed E-state index contributed by atoms with van der Waals surface area (Å²) in [6.07, 6.45) is 3.97. The SMILES string of the molecule is COc1ncccc1Nc1cc(N(C)C(=O)OC(C)(C)C)n2ncc(C(=O)N[C@@H]3CCC[C@H]3O)c2n1. The number of fused-ring (bicyclic) bond motifs is 1. The van der Waals surface area contributed by atoms with Crippen molar-refractivity contribution in [2.45, 2.75) is 57.8 Å². The molecule has 0 saturated heterocycles. The molecule has 4 rings (SSSR count). The van der Waals surface area contributed by atoms with Gasteiger partial charge in [-0.2, -0.15) is 9.61 Å². The molecule has 0 radical (unpaired) electrons. The highest BCUT2D eigenvalue weighted by atomic mass is 16.6. The van der Waals surface area contributed by atoms with Gasteiger partial charge in [-0.05, 0) is 52.2 Å². The Morgan fingerprint density at radius 1 is 1.28 bits per heavy atom. The number of aliphatic hydroxyl groups is 1. The molecule has 1 fully saturated rings. The summed E-state index contributed by atoms with van der Waals surface area (Å²) in [6, 6.07) is 4.78. The fourth-order valence-electron chi connectivity index (χ4n) is 3.98. The van der Waals surface area contributed by atoms with Gasteiger partial charge in [0.05, 0.1) is 25.5 Å². The molecule has 2 amide bonds. The summed E-state index contributed by atoms with van der Waals surface area (Å²) in [6.45, 7) is 5.32. The smallest absolute Gasteiger partial charge is 0.415 e. The molecule has 0 bridgehead atoms. The normalized spacial score (nSPS) is 17.6. The van der Waals surface area contributed by atoms with Crippen LogP contribution in [0.25, 0.3) is 5.65 Å². The van der Waals surface area contributed by atoms with E-state index in [-0.39, 0.29) is 17.3 Å². The van der Waals surface area contributed by atoms with Crippen LogP contribution in [0.3, 0.4) is 0 Å². The predicted molar refractivity (Wildman–Crippen MR) is 133 cm³/mol. The monoisotopic (exact) mass is 497 g/mol. The van der Waals surface area contributed by atoms with Crippen LogP contribution >= 0.6 is 0 Å². The van der Waals surface area contributed by atoms with Crippen molar-refractivity contribution in [3.8, 4) is 5.88 Å². The number of nitrogens with one attached hydrogen (secondary N) is 2. The van der Waals surface area contributed by atoms with E-state index in [0.717, 1.165) is 6.42 Å². The molecule has 12 nitrogen and oxygen atoms in total. The Morgan fingerprint density at radius 2 is 2.06 bits per heavy atom. The van der Waals surface area contributed by atoms with Crippen molar-refractivity contribution in [3.05, 3.63) is 36.2 Å². The van der Waals surface area contributed by atoms with Gasteiger partial charge in [0.1, 0.15) is 28.5 Å². The van der Waals surface area contributed by atoms with Gasteiger partial charge in [-0.3, -0.25) is 9.69 Å². The molecule has 0 spiro atoms. The minimum absolute atomic E-state index is 0.203. The van der Waals surface area contributed by atoms with Crippen LogP contribution in [0.5, 0.6) is 5.88 Å². The molecule has 3 aromatic rings. The Kier molecular flexibility index (Phi) is 6.97. The molecule has 192 valence electrons. The van der Waals surface area contributed by atoms with E-state index in [4.69, 9.17) is 9.47 Å². The van der Waals surface area contributed by atoms with E-state index in [1.165, 1.54) is 22.7 Å². The van der Waals surface area contributed by atoms with E-state index in [9.17, 15) is 14.7 Å². The van der Waals surface area contributed by atoms with Crippen LogP contribution in [0.2, 0.25) is 0 Å². The van der Waals surface area contributed by atoms with Crippen LogP contribution in [0.1, 0.15) is 50.4 Å². The van der Waals surface area contributed by atoms with Crippen molar-refractivity contribution >= 4 is 35.0 Å². The van der Waals surface area contributed by atoms with Gasteiger partial charge in [0.25, 0.3) is 5.91 Å². The molecule has 1 saturated carbocycles. The van der Waals surface area contributed by atoms with Gasteiger partial charge >= 0.3 is 6.09 Å². The summed E-state index contributed by atoms with van der Waals surface area (Å²) in [5, 5.41) is 20.5. The summed E-state index contributed by atoms with van der Waals surface area (Å²) >= 11 is 0. The number of hydrogen-bond acceptors (Lipinski definition) is 9. The summed E-state index contributed by atoms with van der Waals surface area (Å²) in [7, 11) is 3.05. The van der Waals surface area contributed by atoms with E-state index in [2.05, 4.69) is 25.7 Å². The summed E-state index contributed by atoms with van der Waals surface area (Å²) in [4.78, 5) is 36.1. The average molecular weight is 498 g/mol. The van der Waals surface area contributed by atoms with Crippen LogP contribution < -0.4 is 20.3 Å². The lowest BCUT2D eigenvalue weighted by molar-refractivity contribution is 0.0587. The molecule has 36 heavy (non-hydrogen) atoms. The zero-order chi connectivity index (χ0) is 26.0. The van der Waals surface area contributed by atoms with Gasteiger partial charge in [0.15, 0.2) is 5.65 Å². The van der Waals surface area contributed by atoms with Crippen LogP contribution in [0.4, 0.5) is 22.1 Å². The van der Waals surface area contributed by atoms with Crippen molar-refractivity contribution in [2.24, 2.45) is 0 Å². The Bertz CT molecular complexity index is 1270. The van der Waals surface area contributed by atoms with E-state index >= 15 is 0 Å². The van der Waals surface area contributed by atoms with Crippen LogP contribution in [-0.2, 0) is 4.74 Å². The molecule has 2 atom stereocenters. The van der Waals surface area contributed by atoms with E-state index in [0.29, 0.717) is 36.0 Å². The highest BCUT2D eigenvalue weighted by molar-refractivity contribution is 6.00. The lowest BCUT2D eigenvalue weighted by atomic mass is 10.2. The first-order valence-corrected chi connectivity index (χ1v) is 11.7. The number of hydrogen-bond donors (Lipinski definition) is 3. The van der Waals surface area contributed by atoms with E-state index < -0.39 is 23.7 Å². The summed E-state index contributed by atoms with van der Waals surface area (Å²) in [5.41, 5.74) is 0.258. The lowest BCUT2D eigenvalue weighted by Crippen LogP contribution is -2.39. The largest absolute Gasteiger partial charge is 0.480 e. The highest BCUT2D eigenvalue weighted by Crippen LogP contribution is 2.28. The number of amides is 2. The fourth-order valence-corrected chi connectivity index (χ4v) is 3.98. The van der Waals surface area contributed by atoms with E-state index in [1.54, 1.807) is 52.2 Å². The van der Waals surface area contributed by atoms with Gasteiger partial charge < -0.3 is 25.2 Å². The Labute approximate surface area is 208 Å². The van der Waals surface area contributed by atoms with Gasteiger partial charge in [-0.25, -0.2) is 14.8 Å². The van der Waals surface area contributed by atoms with Crippen molar-refractivity contribution in [3.63, 3.8) is 0 Å². The van der Waals surface area contributed by atoms with E-state index in [1.807, 2.05) is 0 Å². The van der Waals surface area contributed by atoms with Gasteiger partial charge in [-0.1, -0.05) is 0 Å². The number of aliphatic hydroxyl groups excluding tert-OH is 1. The minimum atomic E-state index is -0.709. The number of nitrogens with zero attached hydrogens (tertiary/aromatic N) is 5. The minimum Gasteiger partial charge on any atom is -0.480 e. The van der Waals surface area contributed by atoms with Gasteiger partial charge in [0.2, 0.25) is 5.88 Å². The third-order valence-corrected chi connectivity index (χ3v) is 5.73. The predicted octanol–water partition coefficient (Wildman–Crippen LogP) is 2.89. The average Bonchev–Trinajstić information content (AvgIpc) is 3.43. The Morgan fingerprint density at radius 3 is 2.72 bits per heavy atom. The zero-order valence-corrected chi connectivity index (χ0v) is 21.0. The molecule has 3 aromatic heterocycles. The lowest BCUT2D eigenvalue weighted by Gasteiger charge is -2.25. The fraction of sp³-hybridized carbons (Fsp3) is 0.458. The maximum Gasteiger partial charge on any atom is 0.415 e. The second kappa shape index (κ2) is 9.97. The molecular formula is C24H31N7O5. The number of anilines is 3. The van der Waals surface area contributed by atoms with Crippen molar-refractivity contribution in [2.75, 3.05) is 24.4 Å². The van der Waals surface area contributed by atoms with Crippen LogP contribution in [-0.4, -0.2) is 68.6 Å². The first-order chi connectivity index (χ1) is 17.1.